The van der Waals surface area contributed by atoms with Gasteiger partial charge in [-0.05, 0) is 30.2 Å². The number of aromatic nitrogens is 4. The Morgan fingerprint density at radius 3 is 2.47 bits per heavy atom. The van der Waals surface area contributed by atoms with Gasteiger partial charge in [0, 0.05) is 48.3 Å². The second-order valence-corrected chi connectivity index (χ2v) is 8.91. The van der Waals surface area contributed by atoms with Crippen LogP contribution in [0, 0.1) is 5.92 Å². The van der Waals surface area contributed by atoms with Gasteiger partial charge >= 0.3 is 6.18 Å². The van der Waals surface area contributed by atoms with Crippen molar-refractivity contribution in [3.63, 3.8) is 0 Å². The van der Waals surface area contributed by atoms with Crippen LogP contribution in [-0.2, 0) is 6.18 Å². The Labute approximate surface area is 207 Å². The minimum Gasteiger partial charge on any atom is -0.352 e. The van der Waals surface area contributed by atoms with Crippen molar-refractivity contribution in [2.24, 2.45) is 5.92 Å². The van der Waals surface area contributed by atoms with Gasteiger partial charge in [-0.15, -0.1) is 0 Å². The lowest BCUT2D eigenvalue weighted by Crippen LogP contribution is -2.57. The summed E-state index contributed by atoms with van der Waals surface area (Å²) in [4.78, 5) is 30.3. The Bertz CT molecular complexity index is 1230. The van der Waals surface area contributed by atoms with Crippen LogP contribution in [-0.4, -0.2) is 55.8 Å². The molecule has 1 saturated heterocycles. The molecule has 2 aromatic heterocycles. The zero-order valence-corrected chi connectivity index (χ0v) is 19.6. The van der Waals surface area contributed by atoms with Crippen LogP contribution in [0.25, 0.3) is 11.4 Å². The smallest absolute Gasteiger partial charge is 0.352 e. The van der Waals surface area contributed by atoms with Crippen LogP contribution in [0.1, 0.15) is 29.3 Å². The van der Waals surface area contributed by atoms with E-state index in [0.717, 1.165) is 4.90 Å². The number of likely N-dealkylation sites (tertiary alicyclic amines) is 1. The van der Waals surface area contributed by atoms with Gasteiger partial charge in [0.25, 0.3) is 11.8 Å². The van der Waals surface area contributed by atoms with Crippen molar-refractivity contribution in [2.75, 3.05) is 18.4 Å². The van der Waals surface area contributed by atoms with Gasteiger partial charge in [-0.3, -0.25) is 4.79 Å². The van der Waals surface area contributed by atoms with Crippen LogP contribution in [0.15, 0.2) is 49.1 Å². The molecule has 1 aliphatic rings. The second-order valence-electron chi connectivity index (χ2n) is 8.47. The molecule has 2 atom stereocenters. The second kappa shape index (κ2) is 9.92. The van der Waals surface area contributed by atoms with E-state index in [-0.39, 0.29) is 28.9 Å². The number of halogens is 6. The quantitative estimate of drug-likeness (QED) is 0.460. The first-order chi connectivity index (χ1) is 16.9. The number of hydrogen-bond acceptors (Lipinski definition) is 6. The molecule has 36 heavy (non-hydrogen) atoms. The SMILES string of the molecule is C[C@@H]1CC(F)(F)CN(C(=O)c2cc(Cl)ccc2-c2ncccn2)C1CNc1ncc(C(F)(F)F)cn1. The highest BCUT2D eigenvalue weighted by atomic mass is 35.5. The van der Waals surface area contributed by atoms with Crippen LogP contribution in [0.2, 0.25) is 5.02 Å². The molecule has 1 amide bonds. The summed E-state index contributed by atoms with van der Waals surface area (Å²) < 4.78 is 67.5. The molecule has 1 fully saturated rings. The third-order valence-corrected chi connectivity index (χ3v) is 6.04. The van der Waals surface area contributed by atoms with Gasteiger partial charge < -0.3 is 10.2 Å². The van der Waals surface area contributed by atoms with Crippen molar-refractivity contribution in [3.8, 4) is 11.4 Å². The van der Waals surface area contributed by atoms with E-state index in [9.17, 15) is 26.7 Å². The van der Waals surface area contributed by atoms with E-state index in [0.29, 0.717) is 18.0 Å². The number of amides is 1. The van der Waals surface area contributed by atoms with Gasteiger partial charge in [0.1, 0.15) is 0 Å². The molecular formula is C23H20ClF5N6O. The Kier molecular flexibility index (Phi) is 7.07. The van der Waals surface area contributed by atoms with Gasteiger partial charge in [-0.25, -0.2) is 28.7 Å². The van der Waals surface area contributed by atoms with E-state index in [1.807, 2.05) is 0 Å². The molecule has 3 heterocycles. The summed E-state index contributed by atoms with van der Waals surface area (Å²) in [6.07, 6.45) is -0.856. The van der Waals surface area contributed by atoms with Gasteiger partial charge in [0.15, 0.2) is 5.82 Å². The molecule has 1 aliphatic heterocycles. The standard InChI is InChI=1S/C23H20ClF5N6O/c1-13-8-22(25,26)12-35(18(13)11-34-21-32-9-14(10-33-21)23(27,28)29)20(36)17-7-15(24)3-4-16(17)19-30-5-2-6-31-19/h2-7,9-10,13,18H,8,11-12H2,1H3,(H,32,33,34)/t13-,18?/m1/s1. The summed E-state index contributed by atoms with van der Waals surface area (Å²) in [6, 6.07) is 5.31. The van der Waals surface area contributed by atoms with Crippen molar-refractivity contribution >= 4 is 23.5 Å². The first-order valence-corrected chi connectivity index (χ1v) is 11.2. The summed E-state index contributed by atoms with van der Waals surface area (Å²) in [5.74, 6) is -4.40. The number of nitrogens with zero attached hydrogens (tertiary/aromatic N) is 5. The molecule has 0 radical (unpaired) electrons. The highest BCUT2D eigenvalue weighted by Crippen LogP contribution is 2.36. The topological polar surface area (TPSA) is 83.9 Å². The fraction of sp³-hybridized carbons (Fsp3) is 0.348. The molecule has 0 aliphatic carbocycles. The number of hydrogen-bond donors (Lipinski definition) is 1. The van der Waals surface area contributed by atoms with Crippen molar-refractivity contribution < 1.29 is 26.7 Å². The predicted molar refractivity (Wildman–Crippen MR) is 122 cm³/mol. The van der Waals surface area contributed by atoms with Gasteiger partial charge in [-0.1, -0.05) is 18.5 Å². The van der Waals surface area contributed by atoms with E-state index in [1.54, 1.807) is 25.1 Å². The normalized spacial score (nSPS) is 19.7. The van der Waals surface area contributed by atoms with Gasteiger partial charge in [0.05, 0.1) is 23.7 Å². The molecule has 13 heteroatoms. The summed E-state index contributed by atoms with van der Waals surface area (Å²) in [5.41, 5.74) is -0.647. The van der Waals surface area contributed by atoms with Crippen LogP contribution < -0.4 is 5.32 Å². The summed E-state index contributed by atoms with van der Waals surface area (Å²) in [7, 11) is 0. The molecule has 0 bridgehead atoms. The first-order valence-electron chi connectivity index (χ1n) is 10.8. The van der Waals surface area contributed by atoms with Gasteiger partial charge in [0.2, 0.25) is 5.95 Å². The van der Waals surface area contributed by atoms with Crippen molar-refractivity contribution in [2.45, 2.75) is 31.5 Å². The predicted octanol–water partition coefficient (Wildman–Crippen LogP) is 5.20. The molecule has 1 N–H and O–H groups in total. The molecular weight excluding hydrogens is 507 g/mol. The van der Waals surface area contributed by atoms with Crippen LogP contribution in [0.4, 0.5) is 27.9 Å². The maximum absolute atomic E-state index is 14.6. The third-order valence-electron chi connectivity index (χ3n) is 5.81. The highest BCUT2D eigenvalue weighted by molar-refractivity contribution is 6.31. The first kappa shape index (κ1) is 25.7. The number of nitrogens with one attached hydrogen (secondary N) is 1. The average molecular weight is 527 g/mol. The fourth-order valence-corrected chi connectivity index (χ4v) is 4.29. The summed E-state index contributed by atoms with van der Waals surface area (Å²) in [6.45, 7) is 0.663. The zero-order valence-electron chi connectivity index (χ0n) is 18.8. The van der Waals surface area contributed by atoms with Crippen molar-refractivity contribution in [1.29, 1.82) is 0 Å². The molecule has 7 nitrogen and oxygen atoms in total. The summed E-state index contributed by atoms with van der Waals surface area (Å²) >= 11 is 6.13. The fourth-order valence-electron chi connectivity index (χ4n) is 4.12. The van der Waals surface area contributed by atoms with Crippen LogP contribution >= 0.6 is 11.6 Å². The molecule has 190 valence electrons. The lowest BCUT2D eigenvalue weighted by atomic mass is 9.87. The maximum Gasteiger partial charge on any atom is 0.419 e. The van der Waals surface area contributed by atoms with Crippen molar-refractivity contribution in [1.82, 2.24) is 24.8 Å². The highest BCUT2D eigenvalue weighted by Gasteiger charge is 2.46. The van der Waals surface area contributed by atoms with Crippen LogP contribution in [0.3, 0.4) is 0 Å². The van der Waals surface area contributed by atoms with E-state index >= 15 is 0 Å². The zero-order chi connectivity index (χ0) is 26.1. The largest absolute Gasteiger partial charge is 0.419 e. The van der Waals surface area contributed by atoms with E-state index in [4.69, 9.17) is 11.6 Å². The maximum atomic E-state index is 14.6. The van der Waals surface area contributed by atoms with Crippen molar-refractivity contribution in [3.05, 3.63) is 65.2 Å². The average Bonchev–Trinajstić information content (AvgIpc) is 2.82. The van der Waals surface area contributed by atoms with E-state index in [1.165, 1.54) is 18.5 Å². The molecule has 1 aromatic carbocycles. The molecule has 1 unspecified atom stereocenters. The number of carbonyl (C=O) groups is 1. The molecule has 0 spiro atoms. The molecule has 0 saturated carbocycles. The number of anilines is 1. The van der Waals surface area contributed by atoms with Gasteiger partial charge in [-0.2, -0.15) is 13.2 Å². The van der Waals surface area contributed by atoms with E-state index < -0.39 is 48.5 Å². The monoisotopic (exact) mass is 526 g/mol. The van der Waals surface area contributed by atoms with Crippen LogP contribution in [0.5, 0.6) is 0 Å². The lowest BCUT2D eigenvalue weighted by Gasteiger charge is -2.43. The number of carbonyl (C=O) groups excluding carboxylic acids is 1. The van der Waals surface area contributed by atoms with E-state index in [2.05, 4.69) is 25.3 Å². The third kappa shape index (κ3) is 5.69. The molecule has 3 aromatic rings. The lowest BCUT2D eigenvalue weighted by molar-refractivity contribution is -0.138. The Morgan fingerprint density at radius 1 is 1.17 bits per heavy atom. The summed E-state index contributed by atoms with van der Waals surface area (Å²) in [5, 5.41) is 2.99. The number of piperidine rings is 1. The minimum absolute atomic E-state index is 0.0504. The number of benzene rings is 1. The molecule has 4 rings (SSSR count). The minimum atomic E-state index is -4.59. The Hall–Kier alpha value is -3.41. The number of alkyl halides is 5. The Balaban J connectivity index is 1.63. The Morgan fingerprint density at radius 2 is 1.83 bits per heavy atom. The number of rotatable bonds is 5.